The molecule has 0 aliphatic carbocycles. The lowest BCUT2D eigenvalue weighted by Crippen LogP contribution is -2.08. The van der Waals surface area contributed by atoms with Gasteiger partial charge < -0.3 is 14.6 Å². The lowest BCUT2D eigenvalue weighted by Gasteiger charge is -2.22. The van der Waals surface area contributed by atoms with Gasteiger partial charge in [0.2, 0.25) is 0 Å². The molecule has 0 bridgehead atoms. The van der Waals surface area contributed by atoms with Crippen molar-refractivity contribution in [2.75, 3.05) is 14.2 Å². The van der Waals surface area contributed by atoms with E-state index in [0.29, 0.717) is 20.1 Å². The maximum Gasteiger partial charge on any atom is 0.164 e. The predicted octanol–water partition coefficient (Wildman–Crippen LogP) is 5.25. The molecule has 0 saturated carbocycles. The molecule has 0 spiro atoms. The first-order chi connectivity index (χ1) is 12.0. The molecule has 136 valence electrons. The molecule has 2 aromatic rings. The van der Waals surface area contributed by atoms with Crippen LogP contribution in [0.2, 0.25) is 0 Å². The molecule has 0 aliphatic heterocycles. The molecule has 0 fully saturated rings. The Kier molecular flexibility index (Phi) is 7.46. The summed E-state index contributed by atoms with van der Waals surface area (Å²) in [4.78, 5) is 0. The van der Waals surface area contributed by atoms with Crippen LogP contribution in [0.15, 0.2) is 36.4 Å². The van der Waals surface area contributed by atoms with Crippen LogP contribution in [0.25, 0.3) is 0 Å². The zero-order valence-corrected chi connectivity index (χ0v) is 17.1. The van der Waals surface area contributed by atoms with E-state index in [0.717, 1.165) is 18.4 Å². The summed E-state index contributed by atoms with van der Waals surface area (Å²) in [5.41, 5.74) is 2.35. The Morgan fingerprint density at radius 1 is 1.12 bits per heavy atom. The minimum atomic E-state index is 0.180. The number of hydrogen-bond acceptors (Lipinski definition) is 4. The fourth-order valence-electron chi connectivity index (χ4n) is 2.92. The van der Waals surface area contributed by atoms with Crippen LogP contribution >= 0.6 is 21.2 Å². The number of rotatable bonds is 8. The number of ether oxygens (including phenoxy) is 2. The average Bonchev–Trinajstić information content (AvgIpc) is 2.62. The van der Waals surface area contributed by atoms with E-state index in [4.69, 9.17) is 9.47 Å². The van der Waals surface area contributed by atoms with Crippen molar-refractivity contribution in [3.8, 4) is 17.2 Å². The largest absolute Gasteiger partial charge is 0.504 e. The van der Waals surface area contributed by atoms with E-state index >= 15 is 0 Å². The van der Waals surface area contributed by atoms with Crippen molar-refractivity contribution in [3.63, 3.8) is 0 Å². The topological polar surface area (TPSA) is 38.7 Å². The van der Waals surface area contributed by atoms with Gasteiger partial charge in [-0.15, -0.1) is 0 Å². The second kappa shape index (κ2) is 9.35. The van der Waals surface area contributed by atoms with Gasteiger partial charge in [-0.2, -0.15) is 12.6 Å². The number of hydrogen-bond donors (Lipinski definition) is 2. The van der Waals surface area contributed by atoms with Crippen LogP contribution in [-0.4, -0.2) is 19.3 Å². The Balaban J connectivity index is 2.46. The van der Waals surface area contributed by atoms with Gasteiger partial charge >= 0.3 is 0 Å². The lowest BCUT2D eigenvalue weighted by atomic mass is 10.1. The molecule has 5 heteroatoms. The highest BCUT2D eigenvalue weighted by molar-refractivity contribution is 7.80. The van der Waals surface area contributed by atoms with E-state index in [1.165, 1.54) is 10.9 Å². The van der Waals surface area contributed by atoms with Crippen molar-refractivity contribution in [3.05, 3.63) is 47.5 Å². The van der Waals surface area contributed by atoms with E-state index in [-0.39, 0.29) is 16.7 Å². The molecule has 3 nitrogen and oxygen atoms in total. The molecule has 25 heavy (non-hydrogen) atoms. The second-order valence-electron chi connectivity index (χ2n) is 6.02. The van der Waals surface area contributed by atoms with E-state index in [1.54, 1.807) is 20.3 Å². The fraction of sp³-hybridized carbons (Fsp3) is 0.400. The molecular weight excluding hydrogens is 351 g/mol. The summed E-state index contributed by atoms with van der Waals surface area (Å²) in [7, 11) is 3.74. The highest BCUT2D eigenvalue weighted by atomic mass is 32.1. The molecule has 0 amide bonds. The molecule has 0 radical (unpaired) electrons. The minimum absolute atomic E-state index is 0.180. The Morgan fingerprint density at radius 3 is 2.44 bits per heavy atom. The van der Waals surface area contributed by atoms with Crippen molar-refractivity contribution < 1.29 is 14.6 Å². The quantitative estimate of drug-likeness (QED) is 0.487. The number of phenols is 1. The standard InChI is InChI=1S/C20H27O3PS/c1-5-8-18(24-19-10-7-6-9-15(19)13(2)25)16-11-14(22-3)12-17(23-4)20(16)21/h6-7,9-13,18,21,24-25H,5,8H2,1-4H3. The maximum atomic E-state index is 10.7. The first-order valence-corrected chi connectivity index (χ1v) is 10.1. The summed E-state index contributed by atoms with van der Waals surface area (Å²) in [6.45, 7) is 4.26. The van der Waals surface area contributed by atoms with Crippen LogP contribution in [0.5, 0.6) is 17.2 Å². The van der Waals surface area contributed by atoms with Crippen LogP contribution in [0, 0.1) is 0 Å². The normalized spacial score (nSPS) is 13.8. The number of benzene rings is 2. The molecule has 0 aliphatic rings. The van der Waals surface area contributed by atoms with Crippen molar-refractivity contribution in [2.45, 2.75) is 37.6 Å². The zero-order chi connectivity index (χ0) is 18.4. The van der Waals surface area contributed by atoms with Gasteiger partial charge in [-0.1, -0.05) is 46.2 Å². The second-order valence-corrected chi connectivity index (χ2v) is 8.32. The highest BCUT2D eigenvalue weighted by Crippen LogP contribution is 2.47. The zero-order valence-electron chi connectivity index (χ0n) is 15.2. The van der Waals surface area contributed by atoms with Crippen molar-refractivity contribution in [1.82, 2.24) is 0 Å². The van der Waals surface area contributed by atoms with Gasteiger partial charge in [-0.3, -0.25) is 0 Å². The Hall–Kier alpha value is -1.38. The molecule has 2 rings (SSSR count). The van der Waals surface area contributed by atoms with Crippen LogP contribution in [0.4, 0.5) is 0 Å². The molecule has 0 saturated heterocycles. The van der Waals surface area contributed by atoms with Crippen LogP contribution in [0.1, 0.15) is 48.7 Å². The van der Waals surface area contributed by atoms with E-state index < -0.39 is 0 Å². The third-order valence-electron chi connectivity index (χ3n) is 4.23. The highest BCUT2D eigenvalue weighted by Gasteiger charge is 2.21. The van der Waals surface area contributed by atoms with Crippen LogP contribution < -0.4 is 14.8 Å². The van der Waals surface area contributed by atoms with Gasteiger partial charge in [0.05, 0.1) is 14.2 Å². The lowest BCUT2D eigenvalue weighted by molar-refractivity contribution is 0.360. The monoisotopic (exact) mass is 378 g/mol. The molecular formula is C20H27O3PS. The van der Waals surface area contributed by atoms with Crippen LogP contribution in [0.3, 0.4) is 0 Å². The molecule has 3 atom stereocenters. The first-order valence-electron chi connectivity index (χ1n) is 8.50. The molecule has 1 N–H and O–H groups in total. The van der Waals surface area contributed by atoms with Gasteiger partial charge in [0, 0.05) is 22.5 Å². The van der Waals surface area contributed by atoms with Crippen molar-refractivity contribution >= 4 is 26.5 Å². The SMILES string of the molecule is CCCC(Pc1ccccc1C(C)S)c1cc(OC)cc(OC)c1O. The molecule has 0 heterocycles. The third kappa shape index (κ3) is 4.83. The average molecular weight is 378 g/mol. The molecule has 3 unspecified atom stereocenters. The number of phenolic OH excluding ortho intramolecular Hbond substituents is 1. The number of methoxy groups -OCH3 is 2. The Bertz CT molecular complexity index is 703. The van der Waals surface area contributed by atoms with Crippen molar-refractivity contribution in [2.24, 2.45) is 0 Å². The predicted molar refractivity (Wildman–Crippen MR) is 111 cm³/mol. The van der Waals surface area contributed by atoms with Gasteiger partial charge in [-0.05, 0) is 30.3 Å². The van der Waals surface area contributed by atoms with Crippen LogP contribution in [-0.2, 0) is 0 Å². The Morgan fingerprint density at radius 2 is 1.84 bits per heavy atom. The summed E-state index contributed by atoms with van der Waals surface area (Å²) in [6.07, 6.45) is 2.02. The molecule has 0 aromatic heterocycles. The third-order valence-corrected chi connectivity index (χ3v) is 6.22. The Labute approximate surface area is 157 Å². The summed E-state index contributed by atoms with van der Waals surface area (Å²) < 4.78 is 10.7. The number of aromatic hydroxyl groups is 1. The van der Waals surface area contributed by atoms with E-state index in [1.807, 2.05) is 6.07 Å². The summed E-state index contributed by atoms with van der Waals surface area (Å²) in [6, 6.07) is 12.1. The fourth-order valence-corrected chi connectivity index (χ4v) is 5.11. The number of thiol groups is 1. The first kappa shape index (κ1) is 19.9. The van der Waals surface area contributed by atoms with Gasteiger partial charge in [0.15, 0.2) is 11.5 Å². The minimum Gasteiger partial charge on any atom is -0.504 e. The molecule has 2 aromatic carbocycles. The maximum absolute atomic E-state index is 10.7. The summed E-state index contributed by atoms with van der Waals surface area (Å²) >= 11 is 4.62. The van der Waals surface area contributed by atoms with Gasteiger partial charge in [-0.25, -0.2) is 0 Å². The summed E-state index contributed by atoms with van der Waals surface area (Å²) in [5.74, 6) is 1.37. The van der Waals surface area contributed by atoms with E-state index in [9.17, 15) is 5.11 Å². The van der Waals surface area contributed by atoms with Gasteiger partial charge in [0.1, 0.15) is 5.75 Å². The smallest absolute Gasteiger partial charge is 0.164 e. The van der Waals surface area contributed by atoms with Crippen molar-refractivity contribution in [1.29, 1.82) is 0 Å². The van der Waals surface area contributed by atoms with Gasteiger partial charge in [0.25, 0.3) is 0 Å². The van der Waals surface area contributed by atoms with E-state index in [2.05, 4.69) is 50.7 Å². The summed E-state index contributed by atoms with van der Waals surface area (Å²) in [5, 5.41) is 12.1.